The van der Waals surface area contributed by atoms with Gasteiger partial charge in [-0.1, -0.05) is 12.1 Å². The zero-order valence-electron chi connectivity index (χ0n) is 14.8. The molecule has 0 aliphatic carbocycles. The second-order valence-corrected chi connectivity index (χ2v) is 7.04. The van der Waals surface area contributed by atoms with E-state index < -0.39 is 11.9 Å². The molecule has 8 heteroatoms. The number of aliphatic imine (C=N–C) groups is 1. The molecular weight excluding hydrogens is 378 g/mol. The number of hydrogen-bond donors (Lipinski definition) is 2. The van der Waals surface area contributed by atoms with Crippen LogP contribution < -0.4 is 9.64 Å². The SMILES string of the molecule is CCOc1ccc2c(c1)SC1=NC(=O)C(=Cc3ccc(C(=O)O)cc3)C(=N)N12. The second-order valence-electron chi connectivity index (χ2n) is 6.03. The lowest BCUT2D eigenvalue weighted by Crippen LogP contribution is -2.39. The van der Waals surface area contributed by atoms with Gasteiger partial charge in [0.15, 0.2) is 5.17 Å². The molecule has 2 aliphatic rings. The third-order valence-electron chi connectivity index (χ3n) is 4.25. The molecule has 0 fully saturated rings. The van der Waals surface area contributed by atoms with Crippen LogP contribution in [0.5, 0.6) is 5.75 Å². The van der Waals surface area contributed by atoms with Crippen LogP contribution in [0.3, 0.4) is 0 Å². The summed E-state index contributed by atoms with van der Waals surface area (Å²) in [6.07, 6.45) is 1.55. The van der Waals surface area contributed by atoms with Gasteiger partial charge in [0.05, 0.1) is 23.4 Å². The molecule has 0 unspecified atom stereocenters. The van der Waals surface area contributed by atoms with Gasteiger partial charge in [0, 0.05) is 4.90 Å². The summed E-state index contributed by atoms with van der Waals surface area (Å²) in [6.45, 7) is 2.46. The number of ether oxygens (including phenoxy) is 1. The summed E-state index contributed by atoms with van der Waals surface area (Å²) in [7, 11) is 0. The Morgan fingerprint density at radius 2 is 2.04 bits per heavy atom. The number of thioether (sulfide) groups is 1. The maximum absolute atomic E-state index is 12.5. The number of amides is 1. The normalized spacial score (nSPS) is 16.7. The summed E-state index contributed by atoms with van der Waals surface area (Å²) < 4.78 is 5.51. The van der Waals surface area contributed by atoms with E-state index in [-0.39, 0.29) is 17.0 Å². The molecule has 2 aromatic rings. The highest BCUT2D eigenvalue weighted by Crippen LogP contribution is 2.44. The topological polar surface area (TPSA) is 103 Å². The van der Waals surface area contributed by atoms with Crippen LogP contribution in [-0.4, -0.2) is 34.6 Å². The zero-order valence-corrected chi connectivity index (χ0v) is 15.6. The Hall–Kier alpha value is -3.39. The molecule has 2 heterocycles. The monoisotopic (exact) mass is 393 g/mol. The number of benzene rings is 2. The predicted molar refractivity (Wildman–Crippen MR) is 107 cm³/mol. The molecule has 0 atom stereocenters. The van der Waals surface area contributed by atoms with Gasteiger partial charge in [0.25, 0.3) is 5.91 Å². The minimum absolute atomic E-state index is 0.0349. The lowest BCUT2D eigenvalue weighted by molar-refractivity contribution is -0.113. The van der Waals surface area contributed by atoms with Gasteiger partial charge < -0.3 is 9.84 Å². The summed E-state index contributed by atoms with van der Waals surface area (Å²) >= 11 is 1.32. The fourth-order valence-corrected chi connectivity index (χ4v) is 3.99. The third-order valence-corrected chi connectivity index (χ3v) is 5.25. The van der Waals surface area contributed by atoms with Crippen molar-refractivity contribution in [2.75, 3.05) is 11.5 Å². The highest BCUT2D eigenvalue weighted by Gasteiger charge is 2.37. The van der Waals surface area contributed by atoms with Gasteiger partial charge in [-0.05, 0) is 60.7 Å². The van der Waals surface area contributed by atoms with Crippen LogP contribution in [0.25, 0.3) is 6.08 Å². The fraction of sp³-hybridized carbons (Fsp3) is 0.100. The summed E-state index contributed by atoms with van der Waals surface area (Å²) in [4.78, 5) is 30.1. The van der Waals surface area contributed by atoms with Crippen LogP contribution in [0, 0.1) is 5.41 Å². The number of nitrogens with zero attached hydrogens (tertiary/aromatic N) is 2. The van der Waals surface area contributed by atoms with Crippen LogP contribution in [0.1, 0.15) is 22.8 Å². The van der Waals surface area contributed by atoms with Crippen molar-refractivity contribution in [1.82, 2.24) is 0 Å². The molecule has 4 rings (SSSR count). The quantitative estimate of drug-likeness (QED) is 0.769. The zero-order chi connectivity index (χ0) is 19.8. The molecule has 7 nitrogen and oxygen atoms in total. The van der Waals surface area contributed by atoms with Gasteiger partial charge in [-0.2, -0.15) is 4.99 Å². The number of rotatable bonds is 4. The molecule has 28 heavy (non-hydrogen) atoms. The van der Waals surface area contributed by atoms with Gasteiger partial charge in [-0.15, -0.1) is 0 Å². The van der Waals surface area contributed by atoms with E-state index in [0.29, 0.717) is 17.3 Å². The van der Waals surface area contributed by atoms with Crippen molar-refractivity contribution in [2.45, 2.75) is 11.8 Å². The van der Waals surface area contributed by atoms with Crippen LogP contribution in [0.2, 0.25) is 0 Å². The second kappa shape index (κ2) is 6.97. The Kier molecular flexibility index (Phi) is 4.48. The molecule has 0 saturated carbocycles. The van der Waals surface area contributed by atoms with Gasteiger partial charge in [-0.25, -0.2) is 4.79 Å². The lowest BCUT2D eigenvalue weighted by atomic mass is 10.1. The van der Waals surface area contributed by atoms with Crippen LogP contribution in [0.15, 0.2) is 57.9 Å². The van der Waals surface area contributed by atoms with Gasteiger partial charge >= 0.3 is 5.97 Å². The first-order valence-corrected chi connectivity index (χ1v) is 9.31. The van der Waals surface area contributed by atoms with Gasteiger partial charge in [0.2, 0.25) is 0 Å². The summed E-state index contributed by atoms with van der Waals surface area (Å²) in [5.41, 5.74) is 1.70. The summed E-state index contributed by atoms with van der Waals surface area (Å²) in [5.74, 6) is -0.759. The Morgan fingerprint density at radius 3 is 2.71 bits per heavy atom. The Labute approximate surface area is 164 Å². The summed E-state index contributed by atoms with van der Waals surface area (Å²) in [5, 5.41) is 18.0. The number of amidine groups is 2. The number of anilines is 1. The number of carboxylic acid groups (broad SMARTS) is 1. The molecule has 0 radical (unpaired) electrons. The van der Waals surface area contributed by atoms with Crippen LogP contribution >= 0.6 is 11.8 Å². The molecule has 0 spiro atoms. The molecule has 0 aromatic heterocycles. The van der Waals surface area contributed by atoms with E-state index in [1.807, 2.05) is 25.1 Å². The maximum Gasteiger partial charge on any atom is 0.335 e. The Bertz CT molecular complexity index is 1070. The molecule has 0 saturated heterocycles. The number of nitrogens with one attached hydrogen (secondary N) is 1. The van der Waals surface area contributed by atoms with Crippen LogP contribution in [-0.2, 0) is 4.79 Å². The van der Waals surface area contributed by atoms with Crippen molar-refractivity contribution in [1.29, 1.82) is 5.41 Å². The first-order valence-electron chi connectivity index (χ1n) is 8.49. The van der Waals surface area contributed by atoms with E-state index in [2.05, 4.69) is 4.99 Å². The highest BCUT2D eigenvalue weighted by atomic mass is 32.2. The van der Waals surface area contributed by atoms with Gasteiger partial charge in [-0.3, -0.25) is 15.1 Å². The number of aromatic carboxylic acids is 1. The number of carbonyl (C=O) groups is 2. The largest absolute Gasteiger partial charge is 0.494 e. The van der Waals surface area contributed by atoms with Gasteiger partial charge in [0.1, 0.15) is 11.6 Å². The summed E-state index contributed by atoms with van der Waals surface area (Å²) in [6, 6.07) is 11.6. The average Bonchev–Trinajstić information content (AvgIpc) is 3.03. The maximum atomic E-state index is 12.5. The van der Waals surface area contributed by atoms with Crippen molar-refractivity contribution >= 4 is 46.4 Å². The molecule has 2 aliphatic heterocycles. The minimum atomic E-state index is -1.02. The number of carboxylic acids is 1. The number of carbonyl (C=O) groups excluding carboxylic acids is 1. The third kappa shape index (κ3) is 3.07. The smallest absolute Gasteiger partial charge is 0.335 e. The van der Waals surface area contributed by atoms with Crippen molar-refractivity contribution in [3.63, 3.8) is 0 Å². The highest BCUT2D eigenvalue weighted by molar-refractivity contribution is 8.15. The number of hydrogen-bond acceptors (Lipinski definition) is 5. The number of fused-ring (bicyclic) bond motifs is 3. The Morgan fingerprint density at radius 1 is 1.29 bits per heavy atom. The van der Waals surface area contributed by atoms with E-state index in [1.54, 1.807) is 23.1 Å². The lowest BCUT2D eigenvalue weighted by Gasteiger charge is -2.24. The standard InChI is InChI=1S/C20H15N3O4S/c1-2-27-13-7-8-15-16(10-13)28-20-22-18(24)14(17(21)23(15)20)9-11-3-5-12(6-4-11)19(25)26/h3-10,21H,2H2,1H3,(H,25,26). The van der Waals surface area contributed by atoms with E-state index in [1.165, 1.54) is 23.9 Å². The Balaban J connectivity index is 1.69. The molecule has 2 N–H and O–H groups in total. The first kappa shape index (κ1) is 18.0. The fourth-order valence-electron chi connectivity index (χ4n) is 2.94. The molecule has 140 valence electrons. The van der Waals surface area contributed by atoms with Crippen LogP contribution in [0.4, 0.5) is 5.69 Å². The van der Waals surface area contributed by atoms with Crippen molar-refractivity contribution in [3.05, 3.63) is 59.2 Å². The van der Waals surface area contributed by atoms with Crippen molar-refractivity contribution in [2.24, 2.45) is 4.99 Å². The predicted octanol–water partition coefficient (Wildman–Crippen LogP) is 3.65. The molecule has 0 bridgehead atoms. The molecule has 2 aromatic carbocycles. The first-order chi connectivity index (χ1) is 13.5. The van der Waals surface area contributed by atoms with Crippen molar-refractivity contribution < 1.29 is 19.4 Å². The molecule has 1 amide bonds. The van der Waals surface area contributed by atoms with Crippen molar-refractivity contribution in [3.8, 4) is 5.75 Å². The molecular formula is C20H15N3O4S. The minimum Gasteiger partial charge on any atom is -0.494 e. The van der Waals surface area contributed by atoms with E-state index in [4.69, 9.17) is 15.3 Å². The van der Waals surface area contributed by atoms with E-state index in [9.17, 15) is 9.59 Å². The van der Waals surface area contributed by atoms with E-state index in [0.717, 1.165) is 16.3 Å². The van der Waals surface area contributed by atoms with E-state index >= 15 is 0 Å². The average molecular weight is 393 g/mol.